The molecule has 1 aliphatic rings. The Bertz CT molecular complexity index is 421. The van der Waals surface area contributed by atoms with Gasteiger partial charge in [-0.3, -0.25) is 14.4 Å². The quantitative estimate of drug-likeness (QED) is 0.228. The Hall–Kier alpha value is -1.25. The van der Waals surface area contributed by atoms with Crippen LogP contribution in [0.25, 0.3) is 0 Å². The zero-order chi connectivity index (χ0) is 18.3. The molecule has 0 heterocycles. The molecule has 0 unspecified atom stereocenters. The number of hydrogen-bond donors (Lipinski definition) is 0. The summed E-state index contributed by atoms with van der Waals surface area (Å²) in [4.78, 5) is 35.4. The Labute approximate surface area is 153 Å². The lowest BCUT2D eigenvalue weighted by Gasteiger charge is -2.16. The Kier molecular flexibility index (Phi) is 12.2. The Morgan fingerprint density at radius 1 is 0.840 bits per heavy atom. The van der Waals surface area contributed by atoms with Crippen LogP contribution in [0.2, 0.25) is 0 Å². The summed E-state index contributed by atoms with van der Waals surface area (Å²) in [6, 6.07) is 0. The van der Waals surface area contributed by atoms with Gasteiger partial charge in [-0.25, -0.2) is 0 Å². The Balaban J connectivity index is 1.98. The molecule has 1 fully saturated rings. The minimum Gasteiger partial charge on any atom is -0.298 e. The molecule has 25 heavy (non-hydrogen) atoms. The van der Waals surface area contributed by atoms with E-state index in [4.69, 9.17) is 0 Å². The van der Waals surface area contributed by atoms with Crippen LogP contribution in [0.1, 0.15) is 103 Å². The van der Waals surface area contributed by atoms with Crippen LogP contribution in [0.15, 0.2) is 12.2 Å². The number of carbonyl (C=O) groups is 3. The van der Waals surface area contributed by atoms with Crippen LogP contribution in [-0.2, 0) is 14.4 Å². The van der Waals surface area contributed by atoms with Crippen molar-refractivity contribution in [3.05, 3.63) is 12.2 Å². The van der Waals surface area contributed by atoms with Crippen LogP contribution >= 0.6 is 0 Å². The van der Waals surface area contributed by atoms with Gasteiger partial charge >= 0.3 is 0 Å². The molecule has 0 saturated heterocycles. The van der Waals surface area contributed by atoms with Gasteiger partial charge in [-0.05, 0) is 25.3 Å². The summed E-state index contributed by atoms with van der Waals surface area (Å²) in [5.41, 5.74) is 0. The van der Waals surface area contributed by atoms with Crippen molar-refractivity contribution in [2.45, 2.75) is 103 Å². The second-order valence-corrected chi connectivity index (χ2v) is 7.35. The van der Waals surface area contributed by atoms with E-state index in [1.54, 1.807) is 0 Å². The molecule has 0 aromatic heterocycles. The SMILES string of the molecule is CCCCCCCCCCCCCC=CC(=O)C1C(=O)CCCC1=O. The zero-order valence-electron chi connectivity index (χ0n) is 16.1. The van der Waals surface area contributed by atoms with Crippen LogP contribution < -0.4 is 0 Å². The summed E-state index contributed by atoms with van der Waals surface area (Å²) in [6.07, 6.45) is 19.9. The third-order valence-corrected chi connectivity index (χ3v) is 5.03. The van der Waals surface area contributed by atoms with E-state index in [2.05, 4.69) is 6.92 Å². The van der Waals surface area contributed by atoms with Crippen LogP contribution in [0.5, 0.6) is 0 Å². The standard InChI is InChI=1S/C22H36O3/c1-2-3-4-5-6-7-8-9-10-11-12-13-14-16-19(23)22-20(24)17-15-18-21(22)25/h14,16,22H,2-13,15,17-18H2,1H3. The van der Waals surface area contributed by atoms with Crippen LogP contribution in [0.3, 0.4) is 0 Å². The predicted octanol–water partition coefficient (Wildman–Crippen LogP) is 5.75. The highest BCUT2D eigenvalue weighted by atomic mass is 16.2. The molecular weight excluding hydrogens is 312 g/mol. The van der Waals surface area contributed by atoms with E-state index < -0.39 is 5.92 Å². The first-order valence-corrected chi connectivity index (χ1v) is 10.4. The predicted molar refractivity (Wildman–Crippen MR) is 103 cm³/mol. The summed E-state index contributed by atoms with van der Waals surface area (Å²) in [5, 5.41) is 0. The second-order valence-electron chi connectivity index (χ2n) is 7.35. The number of carbonyl (C=O) groups excluding carboxylic acids is 3. The zero-order valence-corrected chi connectivity index (χ0v) is 16.1. The molecule has 1 aliphatic carbocycles. The highest BCUT2D eigenvalue weighted by Crippen LogP contribution is 2.19. The van der Waals surface area contributed by atoms with Crippen molar-refractivity contribution in [1.82, 2.24) is 0 Å². The minimum absolute atomic E-state index is 0.194. The van der Waals surface area contributed by atoms with E-state index in [-0.39, 0.29) is 17.3 Å². The summed E-state index contributed by atoms with van der Waals surface area (Å²) >= 11 is 0. The van der Waals surface area contributed by atoms with Crippen LogP contribution in [0, 0.1) is 5.92 Å². The number of unbranched alkanes of at least 4 members (excludes halogenated alkanes) is 11. The summed E-state index contributed by atoms with van der Waals surface area (Å²) < 4.78 is 0. The topological polar surface area (TPSA) is 51.2 Å². The van der Waals surface area contributed by atoms with Crippen molar-refractivity contribution in [2.75, 3.05) is 0 Å². The first kappa shape index (κ1) is 21.8. The lowest BCUT2D eigenvalue weighted by molar-refractivity contribution is -0.140. The van der Waals surface area contributed by atoms with Gasteiger partial charge in [0.05, 0.1) is 0 Å². The average molecular weight is 349 g/mol. The Morgan fingerprint density at radius 3 is 1.84 bits per heavy atom. The molecule has 0 aliphatic heterocycles. The van der Waals surface area contributed by atoms with E-state index in [9.17, 15) is 14.4 Å². The minimum atomic E-state index is -0.998. The summed E-state index contributed by atoms with van der Waals surface area (Å²) in [5.74, 6) is -1.69. The largest absolute Gasteiger partial charge is 0.298 e. The van der Waals surface area contributed by atoms with E-state index in [0.717, 1.165) is 12.8 Å². The maximum atomic E-state index is 12.0. The molecule has 0 bridgehead atoms. The molecule has 0 spiro atoms. The van der Waals surface area contributed by atoms with Gasteiger partial charge in [-0.15, -0.1) is 0 Å². The van der Waals surface area contributed by atoms with Gasteiger partial charge < -0.3 is 0 Å². The van der Waals surface area contributed by atoms with Crippen molar-refractivity contribution in [1.29, 1.82) is 0 Å². The summed E-state index contributed by atoms with van der Waals surface area (Å²) in [7, 11) is 0. The molecule has 0 aromatic rings. The first-order chi connectivity index (χ1) is 12.2. The third kappa shape index (κ3) is 9.72. The van der Waals surface area contributed by atoms with Crippen molar-refractivity contribution in [2.24, 2.45) is 5.92 Å². The molecule has 1 saturated carbocycles. The molecule has 0 N–H and O–H groups in total. The van der Waals surface area contributed by atoms with Crippen LogP contribution in [-0.4, -0.2) is 17.3 Å². The monoisotopic (exact) mass is 348 g/mol. The Morgan fingerprint density at radius 2 is 1.32 bits per heavy atom. The molecule has 0 atom stereocenters. The van der Waals surface area contributed by atoms with Gasteiger partial charge in [-0.2, -0.15) is 0 Å². The lowest BCUT2D eigenvalue weighted by Crippen LogP contribution is -2.34. The maximum Gasteiger partial charge on any atom is 0.173 e. The van der Waals surface area contributed by atoms with E-state index in [1.807, 2.05) is 6.08 Å². The maximum absolute atomic E-state index is 12.0. The molecular formula is C22H36O3. The first-order valence-electron chi connectivity index (χ1n) is 10.4. The van der Waals surface area contributed by atoms with Crippen LogP contribution in [0.4, 0.5) is 0 Å². The fourth-order valence-corrected chi connectivity index (χ4v) is 3.44. The lowest BCUT2D eigenvalue weighted by atomic mass is 9.83. The normalized spacial score (nSPS) is 16.0. The summed E-state index contributed by atoms with van der Waals surface area (Å²) in [6.45, 7) is 2.25. The number of ketones is 3. The second kappa shape index (κ2) is 14.0. The highest BCUT2D eigenvalue weighted by molar-refractivity contribution is 6.23. The van der Waals surface area contributed by atoms with E-state index in [0.29, 0.717) is 19.3 Å². The number of rotatable bonds is 14. The van der Waals surface area contributed by atoms with Gasteiger partial charge in [0.15, 0.2) is 17.3 Å². The molecule has 0 radical (unpaired) electrons. The fourth-order valence-electron chi connectivity index (χ4n) is 3.44. The van der Waals surface area contributed by atoms with Gasteiger partial charge in [0.25, 0.3) is 0 Å². The molecule has 142 valence electrons. The molecule has 0 amide bonds. The van der Waals surface area contributed by atoms with Crippen molar-refractivity contribution in [3.63, 3.8) is 0 Å². The van der Waals surface area contributed by atoms with Gasteiger partial charge in [-0.1, -0.05) is 77.2 Å². The van der Waals surface area contributed by atoms with E-state index in [1.165, 1.54) is 70.3 Å². The average Bonchev–Trinajstić information content (AvgIpc) is 2.59. The van der Waals surface area contributed by atoms with E-state index >= 15 is 0 Å². The highest BCUT2D eigenvalue weighted by Gasteiger charge is 2.34. The van der Waals surface area contributed by atoms with Gasteiger partial charge in [0.1, 0.15) is 5.92 Å². The van der Waals surface area contributed by atoms with Crippen molar-refractivity contribution in [3.8, 4) is 0 Å². The van der Waals surface area contributed by atoms with Crippen molar-refractivity contribution < 1.29 is 14.4 Å². The number of Topliss-reactive ketones (excluding diaryl/α,β-unsaturated/α-hetero) is 2. The third-order valence-electron chi connectivity index (χ3n) is 5.03. The van der Waals surface area contributed by atoms with Gasteiger partial charge in [0.2, 0.25) is 0 Å². The van der Waals surface area contributed by atoms with Crippen molar-refractivity contribution >= 4 is 17.3 Å². The molecule has 3 heteroatoms. The molecule has 0 aromatic carbocycles. The molecule has 3 nitrogen and oxygen atoms in total. The number of hydrogen-bond acceptors (Lipinski definition) is 3. The fraction of sp³-hybridized carbons (Fsp3) is 0.773. The smallest absolute Gasteiger partial charge is 0.173 e. The molecule has 1 rings (SSSR count). The number of allylic oxidation sites excluding steroid dienone is 2. The van der Waals surface area contributed by atoms with Gasteiger partial charge in [0, 0.05) is 12.8 Å².